The number of nitro groups is 1. The van der Waals surface area contributed by atoms with Crippen LogP contribution in [-0.4, -0.2) is 33.6 Å². The highest BCUT2D eigenvalue weighted by Crippen LogP contribution is 2.30. The molecular formula is C19H18N4O5. The van der Waals surface area contributed by atoms with Gasteiger partial charge in [-0.3, -0.25) is 14.9 Å². The number of rotatable bonds is 7. The van der Waals surface area contributed by atoms with Crippen molar-refractivity contribution in [3.05, 3.63) is 58.6 Å². The van der Waals surface area contributed by atoms with Gasteiger partial charge in [-0.15, -0.1) is 0 Å². The molecule has 0 unspecified atom stereocenters. The van der Waals surface area contributed by atoms with E-state index in [9.17, 15) is 14.9 Å². The van der Waals surface area contributed by atoms with E-state index in [1.807, 2.05) is 13.8 Å². The maximum atomic E-state index is 11.8. The molecule has 0 fully saturated rings. The van der Waals surface area contributed by atoms with Crippen LogP contribution in [0.1, 0.15) is 13.8 Å². The predicted octanol–water partition coefficient (Wildman–Crippen LogP) is 3.22. The van der Waals surface area contributed by atoms with Crippen LogP contribution in [-0.2, 0) is 4.79 Å². The molecule has 0 bridgehead atoms. The van der Waals surface area contributed by atoms with Crippen molar-refractivity contribution < 1.29 is 19.0 Å². The fraction of sp³-hybridized carbons (Fsp3) is 0.211. The lowest BCUT2D eigenvalue weighted by molar-refractivity contribution is -0.384. The quantitative estimate of drug-likeness (QED) is 0.492. The van der Waals surface area contributed by atoms with E-state index in [2.05, 4.69) is 15.5 Å². The number of aromatic nitrogens is 2. The van der Waals surface area contributed by atoms with Crippen LogP contribution < -0.4 is 10.1 Å². The molecule has 9 heteroatoms. The molecule has 0 saturated carbocycles. The minimum absolute atomic E-state index is 0.0211. The van der Waals surface area contributed by atoms with E-state index in [0.717, 1.165) is 0 Å². The predicted molar refractivity (Wildman–Crippen MR) is 101 cm³/mol. The molecule has 1 heterocycles. The first-order valence-corrected chi connectivity index (χ1v) is 8.54. The van der Waals surface area contributed by atoms with Crippen molar-refractivity contribution in [2.24, 2.45) is 0 Å². The minimum Gasteiger partial charge on any atom is -0.483 e. The molecule has 1 amide bonds. The molecule has 0 saturated heterocycles. The van der Waals surface area contributed by atoms with Crippen molar-refractivity contribution in [2.45, 2.75) is 19.9 Å². The molecule has 144 valence electrons. The number of non-ortho nitro benzene ring substituents is 1. The monoisotopic (exact) mass is 382 g/mol. The van der Waals surface area contributed by atoms with Crippen LogP contribution in [0.4, 0.5) is 5.69 Å². The molecular weight excluding hydrogens is 364 g/mol. The molecule has 0 atom stereocenters. The molecule has 3 rings (SSSR count). The van der Waals surface area contributed by atoms with Crippen molar-refractivity contribution >= 4 is 11.6 Å². The average Bonchev–Trinajstić information content (AvgIpc) is 3.16. The largest absolute Gasteiger partial charge is 0.483 e. The van der Waals surface area contributed by atoms with Gasteiger partial charge in [0, 0.05) is 23.7 Å². The molecule has 0 aliphatic rings. The summed E-state index contributed by atoms with van der Waals surface area (Å²) in [5, 5.41) is 17.5. The highest BCUT2D eigenvalue weighted by molar-refractivity contribution is 5.78. The third kappa shape index (κ3) is 4.50. The standard InChI is InChI=1S/C19H18N4O5/c1-12(2)20-17(24)11-27-16-6-4-3-5-15(16)18-21-19(28-22-18)13-7-9-14(10-8-13)23(25)26/h3-10,12H,11H2,1-2H3,(H,20,24). The summed E-state index contributed by atoms with van der Waals surface area (Å²) in [6.45, 7) is 3.60. The van der Waals surface area contributed by atoms with Gasteiger partial charge in [-0.05, 0) is 38.1 Å². The number of carbonyl (C=O) groups excluding carboxylic acids is 1. The van der Waals surface area contributed by atoms with Gasteiger partial charge in [0.2, 0.25) is 5.82 Å². The number of nitro benzene ring substituents is 1. The fourth-order valence-electron chi connectivity index (χ4n) is 2.46. The molecule has 3 aromatic rings. The van der Waals surface area contributed by atoms with Crippen LogP contribution in [0.15, 0.2) is 53.1 Å². The summed E-state index contributed by atoms with van der Waals surface area (Å²) in [6, 6.07) is 12.8. The Kier molecular flexibility index (Phi) is 5.64. The third-order valence-electron chi connectivity index (χ3n) is 3.69. The SMILES string of the molecule is CC(C)NC(=O)COc1ccccc1-c1noc(-c2ccc([N+](=O)[O-])cc2)n1. The van der Waals surface area contributed by atoms with E-state index in [-0.39, 0.29) is 36.0 Å². The third-order valence-corrected chi connectivity index (χ3v) is 3.69. The van der Waals surface area contributed by atoms with Crippen LogP contribution in [0.2, 0.25) is 0 Å². The summed E-state index contributed by atoms with van der Waals surface area (Å²) in [4.78, 5) is 26.4. The number of amides is 1. The molecule has 9 nitrogen and oxygen atoms in total. The van der Waals surface area contributed by atoms with Gasteiger partial charge in [0.15, 0.2) is 6.61 Å². The summed E-state index contributed by atoms with van der Waals surface area (Å²) in [6.07, 6.45) is 0. The van der Waals surface area contributed by atoms with Crippen LogP contribution in [0.3, 0.4) is 0 Å². The van der Waals surface area contributed by atoms with Crippen LogP contribution >= 0.6 is 0 Å². The van der Waals surface area contributed by atoms with Crippen LogP contribution in [0, 0.1) is 10.1 Å². The number of benzene rings is 2. The van der Waals surface area contributed by atoms with E-state index >= 15 is 0 Å². The Morgan fingerprint density at radius 1 is 1.21 bits per heavy atom. The van der Waals surface area contributed by atoms with Gasteiger partial charge in [-0.1, -0.05) is 17.3 Å². The Morgan fingerprint density at radius 3 is 2.61 bits per heavy atom. The molecule has 28 heavy (non-hydrogen) atoms. The summed E-state index contributed by atoms with van der Waals surface area (Å²) >= 11 is 0. The zero-order valence-corrected chi connectivity index (χ0v) is 15.3. The van der Waals surface area contributed by atoms with Gasteiger partial charge >= 0.3 is 0 Å². The van der Waals surface area contributed by atoms with Gasteiger partial charge in [-0.2, -0.15) is 4.98 Å². The molecule has 0 radical (unpaired) electrons. The van der Waals surface area contributed by atoms with E-state index in [1.165, 1.54) is 24.3 Å². The highest BCUT2D eigenvalue weighted by atomic mass is 16.6. The zero-order chi connectivity index (χ0) is 20.1. The number of hydrogen-bond donors (Lipinski definition) is 1. The maximum absolute atomic E-state index is 11.8. The molecule has 1 aromatic heterocycles. The van der Waals surface area contributed by atoms with E-state index < -0.39 is 4.92 Å². The number of para-hydroxylation sites is 1. The first-order valence-electron chi connectivity index (χ1n) is 8.54. The number of ether oxygens (including phenoxy) is 1. The Labute approximate surface area is 160 Å². The molecule has 1 N–H and O–H groups in total. The van der Waals surface area contributed by atoms with Crippen LogP contribution in [0.5, 0.6) is 5.75 Å². The smallest absolute Gasteiger partial charge is 0.269 e. The Morgan fingerprint density at radius 2 is 1.93 bits per heavy atom. The lowest BCUT2D eigenvalue weighted by Crippen LogP contribution is -2.34. The number of hydrogen-bond acceptors (Lipinski definition) is 7. The normalized spacial score (nSPS) is 10.7. The van der Waals surface area contributed by atoms with Crippen molar-refractivity contribution in [3.63, 3.8) is 0 Å². The molecule has 0 aliphatic carbocycles. The topological polar surface area (TPSA) is 120 Å². The van der Waals surface area contributed by atoms with Crippen molar-refractivity contribution in [2.75, 3.05) is 6.61 Å². The molecule has 2 aromatic carbocycles. The van der Waals surface area contributed by atoms with Gasteiger partial charge in [-0.25, -0.2) is 0 Å². The zero-order valence-electron chi connectivity index (χ0n) is 15.3. The first kappa shape index (κ1) is 19.0. The van der Waals surface area contributed by atoms with Crippen molar-refractivity contribution in [1.82, 2.24) is 15.5 Å². The van der Waals surface area contributed by atoms with E-state index in [1.54, 1.807) is 24.3 Å². The van der Waals surface area contributed by atoms with Gasteiger partial charge in [0.05, 0.1) is 10.5 Å². The second-order valence-corrected chi connectivity index (χ2v) is 6.23. The Hall–Kier alpha value is -3.75. The van der Waals surface area contributed by atoms with Gasteiger partial charge in [0.25, 0.3) is 17.5 Å². The molecule has 0 spiro atoms. The highest BCUT2D eigenvalue weighted by Gasteiger charge is 2.16. The fourth-order valence-corrected chi connectivity index (χ4v) is 2.46. The lowest BCUT2D eigenvalue weighted by Gasteiger charge is -2.11. The van der Waals surface area contributed by atoms with Crippen LogP contribution in [0.25, 0.3) is 22.8 Å². The number of nitrogens with zero attached hydrogens (tertiary/aromatic N) is 3. The molecule has 0 aliphatic heterocycles. The van der Waals surface area contributed by atoms with E-state index in [0.29, 0.717) is 16.9 Å². The van der Waals surface area contributed by atoms with Crippen molar-refractivity contribution in [3.8, 4) is 28.6 Å². The average molecular weight is 382 g/mol. The van der Waals surface area contributed by atoms with Crippen molar-refractivity contribution in [1.29, 1.82) is 0 Å². The number of nitrogens with one attached hydrogen (secondary N) is 1. The maximum Gasteiger partial charge on any atom is 0.269 e. The Bertz CT molecular complexity index is 982. The van der Waals surface area contributed by atoms with Gasteiger partial charge in [0.1, 0.15) is 5.75 Å². The van der Waals surface area contributed by atoms with E-state index in [4.69, 9.17) is 9.26 Å². The first-order chi connectivity index (χ1) is 13.4. The van der Waals surface area contributed by atoms with Gasteiger partial charge < -0.3 is 14.6 Å². The lowest BCUT2D eigenvalue weighted by atomic mass is 10.2. The number of carbonyl (C=O) groups is 1. The summed E-state index contributed by atoms with van der Waals surface area (Å²) in [7, 11) is 0. The summed E-state index contributed by atoms with van der Waals surface area (Å²) in [5.74, 6) is 0.715. The second-order valence-electron chi connectivity index (χ2n) is 6.23. The second kappa shape index (κ2) is 8.30. The summed E-state index contributed by atoms with van der Waals surface area (Å²) in [5.41, 5.74) is 1.10. The minimum atomic E-state index is -0.480. The Balaban J connectivity index is 1.79. The summed E-state index contributed by atoms with van der Waals surface area (Å²) < 4.78 is 10.9.